The molecule has 15 heteroatoms. The number of fused-ring (bicyclic) bond motifs is 1. The van der Waals surface area contributed by atoms with E-state index in [1.807, 2.05) is 0 Å². The van der Waals surface area contributed by atoms with Gasteiger partial charge >= 0.3 is 6.18 Å². The van der Waals surface area contributed by atoms with Crippen molar-refractivity contribution in [2.75, 3.05) is 24.4 Å². The summed E-state index contributed by atoms with van der Waals surface area (Å²) in [5, 5.41) is 8.67. The summed E-state index contributed by atoms with van der Waals surface area (Å²) in [6.07, 6.45) is -0.776. The Kier molecular flexibility index (Phi) is 7.52. The molecule has 36 heavy (non-hydrogen) atoms. The van der Waals surface area contributed by atoms with Crippen LogP contribution in [-0.4, -0.2) is 62.0 Å². The number of nitrogens with one attached hydrogen (secondary N) is 2. The third-order valence-electron chi connectivity index (χ3n) is 4.69. The summed E-state index contributed by atoms with van der Waals surface area (Å²) in [5.74, 6) is -2.48. The number of benzene rings is 1. The van der Waals surface area contributed by atoms with Crippen molar-refractivity contribution in [2.45, 2.75) is 26.1 Å². The molecule has 2 heterocycles. The summed E-state index contributed by atoms with van der Waals surface area (Å²) in [6.45, 7) is 1.27. The van der Waals surface area contributed by atoms with Gasteiger partial charge in [-0.15, -0.1) is 0 Å². The van der Waals surface area contributed by atoms with E-state index >= 15 is 0 Å². The van der Waals surface area contributed by atoms with Crippen LogP contribution in [0.15, 0.2) is 35.1 Å². The minimum atomic E-state index is -4.60. The van der Waals surface area contributed by atoms with Crippen molar-refractivity contribution in [3.63, 3.8) is 0 Å². The fraction of sp³-hybridized carbons (Fsp3) is 0.333. The van der Waals surface area contributed by atoms with Crippen LogP contribution in [0.2, 0.25) is 0 Å². The topological polar surface area (TPSA) is 127 Å². The van der Waals surface area contributed by atoms with Gasteiger partial charge in [0.1, 0.15) is 30.0 Å². The average Bonchev–Trinajstić information content (AvgIpc) is 3.10. The maximum atomic E-state index is 13.9. The predicted octanol–water partition coefficient (Wildman–Crippen LogP) is 3.23. The zero-order valence-electron chi connectivity index (χ0n) is 19.5. The van der Waals surface area contributed by atoms with Crippen LogP contribution in [0, 0.1) is 12.7 Å². The van der Waals surface area contributed by atoms with Crippen LogP contribution < -0.4 is 15.4 Å². The summed E-state index contributed by atoms with van der Waals surface area (Å²) >= 11 is 0. The Balaban J connectivity index is 1.94. The van der Waals surface area contributed by atoms with Gasteiger partial charge < -0.3 is 15.4 Å². The van der Waals surface area contributed by atoms with Crippen LogP contribution in [0.4, 0.5) is 29.1 Å². The minimum absolute atomic E-state index is 0.135. The lowest BCUT2D eigenvalue weighted by molar-refractivity contribution is -0.142. The monoisotopic (exact) mass is 530 g/mol. The highest BCUT2D eigenvalue weighted by molar-refractivity contribution is 7.92. The maximum absolute atomic E-state index is 13.9. The van der Waals surface area contributed by atoms with Gasteiger partial charge in [0.2, 0.25) is 0 Å². The number of carbonyl (C=O) groups is 2. The molecule has 0 aliphatic heterocycles. The fourth-order valence-corrected chi connectivity index (χ4v) is 3.61. The quantitative estimate of drug-likeness (QED) is 0.449. The highest BCUT2D eigenvalue weighted by Crippen LogP contribution is 2.32. The van der Waals surface area contributed by atoms with Crippen LogP contribution >= 0.6 is 0 Å². The second kappa shape index (κ2) is 10.1. The van der Waals surface area contributed by atoms with Gasteiger partial charge in [-0.3, -0.25) is 9.59 Å². The summed E-state index contributed by atoms with van der Waals surface area (Å²) in [7, 11) is -2.71. The van der Waals surface area contributed by atoms with E-state index in [-0.39, 0.29) is 22.8 Å². The van der Waals surface area contributed by atoms with E-state index < -0.39 is 46.2 Å². The molecule has 0 aliphatic rings. The number of aromatic nitrogens is 3. The molecule has 2 amide bonds. The highest BCUT2D eigenvalue weighted by atomic mass is 32.2. The lowest BCUT2D eigenvalue weighted by Gasteiger charge is -2.18. The normalized spacial score (nSPS) is 12.8. The van der Waals surface area contributed by atoms with Crippen molar-refractivity contribution in [2.24, 2.45) is 4.36 Å². The largest absolute Gasteiger partial charge is 0.479 e. The Bertz CT molecular complexity index is 1440. The van der Waals surface area contributed by atoms with Crippen molar-refractivity contribution < 1.29 is 36.1 Å². The molecule has 1 aromatic carbocycles. The van der Waals surface area contributed by atoms with E-state index in [2.05, 4.69) is 19.8 Å². The van der Waals surface area contributed by atoms with Crippen molar-refractivity contribution in [1.82, 2.24) is 19.9 Å². The first-order valence-electron chi connectivity index (χ1n) is 10.3. The van der Waals surface area contributed by atoms with Crippen LogP contribution in [0.1, 0.15) is 22.8 Å². The zero-order chi connectivity index (χ0) is 26.8. The number of nitrogens with zero attached hydrogens (tertiary/aromatic N) is 4. The summed E-state index contributed by atoms with van der Waals surface area (Å²) in [5.41, 5.74) is 1.04. The molecule has 0 radical (unpaired) electrons. The second-order valence-electron chi connectivity index (χ2n) is 8.01. The lowest BCUT2D eigenvalue weighted by atomic mass is 10.2. The Morgan fingerprint density at radius 3 is 2.61 bits per heavy atom. The molecular formula is C21H22F4N6O4S. The van der Waals surface area contributed by atoms with Gasteiger partial charge in [-0.25, -0.2) is 18.1 Å². The van der Waals surface area contributed by atoms with Crippen molar-refractivity contribution in [3.05, 3.63) is 47.7 Å². The number of ether oxygens (including phenoxy) is 1. The third-order valence-corrected chi connectivity index (χ3v) is 5.30. The van der Waals surface area contributed by atoms with E-state index in [4.69, 9.17) is 4.74 Å². The minimum Gasteiger partial charge on any atom is -0.479 e. The van der Waals surface area contributed by atoms with E-state index in [0.29, 0.717) is 11.1 Å². The standard InChI is InChI=1S/C21H22F4N6O4S/c1-11-14(20(33)30-36(3,4)34)8-31-17(11)18(27-10-28-31)29-15-6-5-13(22)7-16(15)35-12(2)19(32)26-9-21(23,24)25/h5-8,10,12H,9H2,1-4H3,(H,26,32)(H,27,28,29)/t12-/m1/s1. The first-order valence-corrected chi connectivity index (χ1v) is 12.6. The van der Waals surface area contributed by atoms with Crippen LogP contribution in [0.5, 0.6) is 5.75 Å². The number of rotatable bonds is 7. The predicted molar refractivity (Wildman–Crippen MR) is 123 cm³/mol. The van der Waals surface area contributed by atoms with E-state index in [9.17, 15) is 31.4 Å². The van der Waals surface area contributed by atoms with Gasteiger partial charge in [-0.05, 0) is 31.5 Å². The molecule has 3 aromatic rings. The Morgan fingerprint density at radius 1 is 1.28 bits per heavy atom. The number of amides is 2. The average molecular weight is 531 g/mol. The number of carbonyl (C=O) groups excluding carboxylic acids is 2. The molecule has 0 bridgehead atoms. The van der Waals surface area contributed by atoms with Crippen molar-refractivity contribution >= 4 is 38.6 Å². The first kappa shape index (κ1) is 26.8. The SMILES string of the molecule is Cc1c(C(=O)N=S(C)(C)=O)cn2ncnc(Nc3ccc(F)cc3O[C@H](C)C(=O)NCC(F)(F)F)c12. The number of alkyl halides is 3. The van der Waals surface area contributed by atoms with E-state index in [1.54, 1.807) is 12.2 Å². The van der Waals surface area contributed by atoms with Gasteiger partial charge in [0.15, 0.2) is 11.9 Å². The molecule has 10 nitrogen and oxygen atoms in total. The zero-order valence-corrected chi connectivity index (χ0v) is 20.3. The number of anilines is 2. The van der Waals surface area contributed by atoms with Crippen LogP contribution in [0.3, 0.4) is 0 Å². The Morgan fingerprint density at radius 2 is 1.97 bits per heavy atom. The molecule has 3 rings (SSSR count). The maximum Gasteiger partial charge on any atom is 0.405 e. The lowest BCUT2D eigenvalue weighted by Crippen LogP contribution is -2.41. The molecule has 2 aromatic heterocycles. The molecule has 0 saturated heterocycles. The molecular weight excluding hydrogens is 508 g/mol. The van der Waals surface area contributed by atoms with Gasteiger partial charge in [0.05, 0.1) is 11.3 Å². The Hall–Kier alpha value is -3.75. The van der Waals surface area contributed by atoms with Crippen LogP contribution in [-0.2, 0) is 14.5 Å². The number of halogens is 4. The first-order chi connectivity index (χ1) is 16.6. The molecule has 194 valence electrons. The van der Waals surface area contributed by atoms with Gasteiger partial charge in [0, 0.05) is 34.5 Å². The molecule has 0 aliphatic carbocycles. The third kappa shape index (κ3) is 6.68. The van der Waals surface area contributed by atoms with E-state index in [1.165, 1.54) is 42.5 Å². The fourth-order valence-electron chi connectivity index (χ4n) is 3.12. The molecule has 0 fully saturated rings. The van der Waals surface area contributed by atoms with Crippen molar-refractivity contribution in [3.8, 4) is 5.75 Å². The van der Waals surface area contributed by atoms with Gasteiger partial charge in [-0.1, -0.05) is 0 Å². The van der Waals surface area contributed by atoms with Gasteiger partial charge in [0.25, 0.3) is 11.8 Å². The summed E-state index contributed by atoms with van der Waals surface area (Å²) in [6, 6.07) is 3.33. The van der Waals surface area contributed by atoms with Crippen molar-refractivity contribution in [1.29, 1.82) is 0 Å². The molecule has 0 spiro atoms. The van der Waals surface area contributed by atoms with Gasteiger partial charge in [-0.2, -0.15) is 22.6 Å². The molecule has 1 atom stereocenters. The number of hydrogen-bond acceptors (Lipinski definition) is 7. The number of aryl methyl sites for hydroxylation is 1. The molecule has 0 saturated carbocycles. The smallest absolute Gasteiger partial charge is 0.405 e. The molecule has 0 unspecified atom stereocenters. The summed E-state index contributed by atoms with van der Waals surface area (Å²) in [4.78, 5) is 28.7. The second-order valence-corrected chi connectivity index (χ2v) is 10.6. The Labute approximate surface area is 203 Å². The van der Waals surface area contributed by atoms with E-state index in [0.717, 1.165) is 12.1 Å². The molecule has 2 N–H and O–H groups in total. The number of hydrogen-bond donors (Lipinski definition) is 2. The highest BCUT2D eigenvalue weighted by Gasteiger charge is 2.29. The summed E-state index contributed by atoms with van der Waals surface area (Å²) < 4.78 is 73.5. The van der Waals surface area contributed by atoms with Crippen LogP contribution in [0.25, 0.3) is 5.52 Å².